The molecule has 1 aromatic rings. The van der Waals surface area contributed by atoms with Crippen LogP contribution in [0.1, 0.15) is 45.0 Å². The van der Waals surface area contributed by atoms with Crippen LogP contribution >= 0.6 is 15.9 Å². The molecule has 20 heavy (non-hydrogen) atoms. The lowest BCUT2D eigenvalue weighted by molar-refractivity contribution is 0.0715. The molecule has 1 unspecified atom stereocenters. The van der Waals surface area contributed by atoms with E-state index in [2.05, 4.69) is 51.4 Å². The molecule has 0 bridgehead atoms. The number of rotatable bonds is 7. The Hall–Kier alpha value is -0.390. The van der Waals surface area contributed by atoms with Crippen molar-refractivity contribution in [3.05, 3.63) is 15.9 Å². The minimum absolute atomic E-state index is 0.414. The van der Waals surface area contributed by atoms with Gasteiger partial charge in [0.2, 0.25) is 0 Å². The summed E-state index contributed by atoms with van der Waals surface area (Å²) in [5, 5.41) is 4.68. The van der Waals surface area contributed by atoms with Gasteiger partial charge in [0.1, 0.15) is 0 Å². The topological polar surface area (TPSA) is 30.3 Å². The number of likely N-dealkylation sites (N-methyl/N-ethyl adjacent to an activating group) is 1. The summed E-state index contributed by atoms with van der Waals surface area (Å²) in [6.07, 6.45) is 3.79. The summed E-state index contributed by atoms with van der Waals surface area (Å²) in [4.78, 5) is 2.46. The lowest BCUT2D eigenvalue weighted by Gasteiger charge is -2.24. The Morgan fingerprint density at radius 3 is 2.75 bits per heavy atom. The summed E-state index contributed by atoms with van der Waals surface area (Å²) in [5.41, 5.74) is 2.46. The number of aromatic nitrogens is 2. The Labute approximate surface area is 130 Å². The van der Waals surface area contributed by atoms with Gasteiger partial charge in [-0.05, 0) is 48.7 Å². The van der Waals surface area contributed by atoms with Crippen molar-refractivity contribution in [1.82, 2.24) is 14.7 Å². The number of nitrogens with zero attached hydrogens (tertiary/aromatic N) is 3. The van der Waals surface area contributed by atoms with E-state index in [1.807, 2.05) is 0 Å². The summed E-state index contributed by atoms with van der Waals surface area (Å²) in [6.45, 7) is 11.4. The molecule has 1 aromatic heterocycles. The van der Waals surface area contributed by atoms with E-state index < -0.39 is 0 Å². The molecular formula is C15H26BrN3O. The minimum Gasteiger partial charge on any atom is -0.377 e. The van der Waals surface area contributed by atoms with Gasteiger partial charge in [0.05, 0.1) is 22.0 Å². The SMILES string of the molecule is CCc1nn(CC)c(CN(CC)CC2CCCO2)c1Br. The maximum atomic E-state index is 5.76. The van der Waals surface area contributed by atoms with Gasteiger partial charge in [0.15, 0.2) is 0 Å². The van der Waals surface area contributed by atoms with E-state index in [1.54, 1.807) is 0 Å². The van der Waals surface area contributed by atoms with Crippen molar-refractivity contribution in [3.63, 3.8) is 0 Å². The highest BCUT2D eigenvalue weighted by molar-refractivity contribution is 9.10. The first kappa shape index (κ1) is 16.0. The zero-order valence-corrected chi connectivity index (χ0v) is 14.4. The lowest BCUT2D eigenvalue weighted by atomic mass is 10.2. The van der Waals surface area contributed by atoms with Gasteiger partial charge in [0.25, 0.3) is 0 Å². The summed E-state index contributed by atoms with van der Waals surface area (Å²) < 4.78 is 9.07. The van der Waals surface area contributed by atoms with Crippen LogP contribution < -0.4 is 0 Å². The molecule has 4 nitrogen and oxygen atoms in total. The van der Waals surface area contributed by atoms with Crippen LogP contribution in [-0.4, -0.2) is 40.5 Å². The van der Waals surface area contributed by atoms with Crippen molar-refractivity contribution in [1.29, 1.82) is 0 Å². The van der Waals surface area contributed by atoms with Crippen LogP contribution in [0.3, 0.4) is 0 Å². The van der Waals surface area contributed by atoms with E-state index in [9.17, 15) is 0 Å². The molecule has 0 aromatic carbocycles. The van der Waals surface area contributed by atoms with Crippen LogP contribution in [0.15, 0.2) is 4.47 Å². The summed E-state index contributed by atoms with van der Waals surface area (Å²) in [7, 11) is 0. The molecule has 1 aliphatic heterocycles. The molecule has 1 fully saturated rings. The van der Waals surface area contributed by atoms with Crippen molar-refractivity contribution in [2.24, 2.45) is 0 Å². The van der Waals surface area contributed by atoms with E-state index in [1.165, 1.54) is 23.0 Å². The quantitative estimate of drug-likeness (QED) is 0.761. The van der Waals surface area contributed by atoms with Crippen LogP contribution in [-0.2, 0) is 24.2 Å². The summed E-state index contributed by atoms with van der Waals surface area (Å²) in [5.74, 6) is 0. The van der Waals surface area contributed by atoms with Gasteiger partial charge in [-0.25, -0.2) is 0 Å². The molecule has 2 heterocycles. The molecule has 1 saturated heterocycles. The van der Waals surface area contributed by atoms with Gasteiger partial charge in [-0.3, -0.25) is 9.58 Å². The average molecular weight is 344 g/mol. The van der Waals surface area contributed by atoms with Crippen LogP contribution in [0.25, 0.3) is 0 Å². The predicted octanol–water partition coefficient (Wildman–Crippen LogP) is 3.23. The highest BCUT2D eigenvalue weighted by atomic mass is 79.9. The molecule has 5 heteroatoms. The average Bonchev–Trinajstić information content (AvgIpc) is 3.07. The molecule has 1 aliphatic rings. The fourth-order valence-corrected chi connectivity index (χ4v) is 3.45. The third kappa shape index (κ3) is 3.62. The number of ether oxygens (including phenoxy) is 1. The van der Waals surface area contributed by atoms with E-state index in [-0.39, 0.29) is 0 Å². The van der Waals surface area contributed by atoms with Crippen molar-refractivity contribution in [3.8, 4) is 0 Å². The minimum atomic E-state index is 0.414. The molecule has 0 radical (unpaired) electrons. The van der Waals surface area contributed by atoms with Crippen molar-refractivity contribution in [2.45, 2.75) is 59.2 Å². The standard InChI is InChI=1S/C15H26BrN3O/c1-4-13-15(16)14(19(6-3)17-13)11-18(5-2)10-12-8-7-9-20-12/h12H,4-11H2,1-3H3. The monoisotopic (exact) mass is 343 g/mol. The fourth-order valence-electron chi connectivity index (χ4n) is 2.76. The van der Waals surface area contributed by atoms with Crippen molar-refractivity contribution >= 4 is 15.9 Å². The number of halogens is 1. The van der Waals surface area contributed by atoms with Gasteiger partial charge < -0.3 is 4.74 Å². The van der Waals surface area contributed by atoms with Crippen molar-refractivity contribution in [2.75, 3.05) is 19.7 Å². The third-order valence-corrected chi connectivity index (χ3v) is 4.92. The van der Waals surface area contributed by atoms with E-state index in [4.69, 9.17) is 4.74 Å². The Morgan fingerprint density at radius 1 is 1.40 bits per heavy atom. The van der Waals surface area contributed by atoms with Gasteiger partial charge >= 0.3 is 0 Å². The first-order chi connectivity index (χ1) is 9.69. The summed E-state index contributed by atoms with van der Waals surface area (Å²) >= 11 is 3.73. The van der Waals surface area contributed by atoms with Gasteiger partial charge in [-0.15, -0.1) is 0 Å². The lowest BCUT2D eigenvalue weighted by Crippen LogP contribution is -2.32. The molecule has 0 saturated carbocycles. The Kier molecular flexibility index (Phi) is 6.05. The molecule has 0 amide bonds. The number of aryl methyl sites for hydroxylation is 2. The molecular weight excluding hydrogens is 318 g/mol. The first-order valence-electron chi connectivity index (χ1n) is 7.77. The van der Waals surface area contributed by atoms with E-state index >= 15 is 0 Å². The molecule has 2 rings (SSSR count). The number of hydrogen-bond acceptors (Lipinski definition) is 3. The van der Waals surface area contributed by atoms with E-state index in [0.717, 1.165) is 44.9 Å². The van der Waals surface area contributed by atoms with Crippen LogP contribution in [0, 0.1) is 0 Å². The van der Waals surface area contributed by atoms with Crippen LogP contribution in [0.4, 0.5) is 0 Å². The molecule has 0 spiro atoms. The Balaban J connectivity index is 2.07. The largest absolute Gasteiger partial charge is 0.377 e. The normalized spacial score (nSPS) is 19.1. The molecule has 0 N–H and O–H groups in total. The van der Waals surface area contributed by atoms with Gasteiger partial charge in [0, 0.05) is 26.2 Å². The third-order valence-electron chi connectivity index (χ3n) is 4.00. The fraction of sp³-hybridized carbons (Fsp3) is 0.800. The highest BCUT2D eigenvalue weighted by Gasteiger charge is 2.21. The zero-order valence-electron chi connectivity index (χ0n) is 12.9. The zero-order chi connectivity index (χ0) is 14.5. The predicted molar refractivity (Wildman–Crippen MR) is 84.9 cm³/mol. The second-order valence-corrected chi connectivity index (χ2v) is 6.13. The van der Waals surface area contributed by atoms with E-state index in [0.29, 0.717) is 6.10 Å². The second kappa shape index (κ2) is 7.57. The Morgan fingerprint density at radius 2 is 2.20 bits per heavy atom. The second-order valence-electron chi connectivity index (χ2n) is 5.34. The summed E-state index contributed by atoms with van der Waals surface area (Å²) in [6, 6.07) is 0. The molecule has 114 valence electrons. The molecule has 0 aliphatic carbocycles. The van der Waals surface area contributed by atoms with Crippen LogP contribution in [0.5, 0.6) is 0 Å². The van der Waals surface area contributed by atoms with Gasteiger partial charge in [-0.1, -0.05) is 13.8 Å². The van der Waals surface area contributed by atoms with Gasteiger partial charge in [-0.2, -0.15) is 5.10 Å². The Bertz CT molecular complexity index is 427. The highest BCUT2D eigenvalue weighted by Crippen LogP contribution is 2.24. The number of hydrogen-bond donors (Lipinski definition) is 0. The smallest absolute Gasteiger partial charge is 0.0767 e. The first-order valence-corrected chi connectivity index (χ1v) is 8.56. The maximum absolute atomic E-state index is 5.76. The maximum Gasteiger partial charge on any atom is 0.0767 e. The van der Waals surface area contributed by atoms with Crippen molar-refractivity contribution < 1.29 is 4.74 Å². The van der Waals surface area contributed by atoms with Crippen LogP contribution in [0.2, 0.25) is 0 Å². The molecule has 1 atom stereocenters.